The van der Waals surface area contributed by atoms with E-state index in [1.165, 1.54) is 6.07 Å². The Morgan fingerprint density at radius 1 is 1.24 bits per heavy atom. The van der Waals surface area contributed by atoms with Crippen LogP contribution in [0, 0.1) is 5.82 Å². The van der Waals surface area contributed by atoms with Crippen molar-refractivity contribution in [2.45, 2.75) is 25.2 Å². The molecule has 0 saturated heterocycles. The van der Waals surface area contributed by atoms with Gasteiger partial charge in [-0.05, 0) is 18.1 Å². The topological polar surface area (TPSA) is 42.7 Å². The first-order chi connectivity index (χ1) is 9.97. The lowest BCUT2D eigenvalue weighted by Crippen LogP contribution is -2.36. The van der Waals surface area contributed by atoms with Gasteiger partial charge in [-0.25, -0.2) is 4.39 Å². The molecule has 1 aromatic heterocycles. The van der Waals surface area contributed by atoms with Gasteiger partial charge in [0.15, 0.2) is 5.82 Å². The summed E-state index contributed by atoms with van der Waals surface area (Å²) in [5.74, 6) is -1.19. The Bertz CT molecular complexity index is 650. The third-order valence-electron chi connectivity index (χ3n) is 3.45. The summed E-state index contributed by atoms with van der Waals surface area (Å²) in [6.45, 7) is 0.498. The van der Waals surface area contributed by atoms with Crippen LogP contribution in [0.25, 0.3) is 0 Å². The van der Waals surface area contributed by atoms with Crippen molar-refractivity contribution < 1.29 is 17.6 Å². The maximum absolute atomic E-state index is 13.7. The van der Waals surface area contributed by atoms with Crippen LogP contribution in [0.5, 0.6) is 0 Å². The minimum atomic E-state index is -4.54. The van der Waals surface area contributed by atoms with E-state index >= 15 is 0 Å². The molecule has 21 heavy (non-hydrogen) atoms. The van der Waals surface area contributed by atoms with Crippen molar-refractivity contribution in [1.29, 1.82) is 0 Å². The Morgan fingerprint density at radius 3 is 2.71 bits per heavy atom. The van der Waals surface area contributed by atoms with Crippen molar-refractivity contribution >= 4 is 0 Å². The fourth-order valence-corrected chi connectivity index (χ4v) is 2.49. The van der Waals surface area contributed by atoms with E-state index in [2.05, 4.69) is 15.5 Å². The maximum Gasteiger partial charge on any atom is 0.451 e. The van der Waals surface area contributed by atoms with Gasteiger partial charge in [-0.2, -0.15) is 13.2 Å². The van der Waals surface area contributed by atoms with Crippen LogP contribution in [0.15, 0.2) is 24.3 Å². The van der Waals surface area contributed by atoms with Crippen LogP contribution in [0.4, 0.5) is 17.6 Å². The molecule has 0 bridgehead atoms. The van der Waals surface area contributed by atoms with E-state index in [1.807, 2.05) is 0 Å². The summed E-state index contributed by atoms with van der Waals surface area (Å²) < 4.78 is 53.2. The third-order valence-corrected chi connectivity index (χ3v) is 3.45. The van der Waals surface area contributed by atoms with Crippen LogP contribution in [0.2, 0.25) is 0 Å². The van der Waals surface area contributed by atoms with Crippen LogP contribution >= 0.6 is 0 Å². The van der Waals surface area contributed by atoms with Crippen molar-refractivity contribution in [1.82, 2.24) is 20.1 Å². The first-order valence-electron chi connectivity index (χ1n) is 6.44. The number of fused-ring (bicyclic) bond motifs is 1. The molecular formula is C13H12F4N4. The highest BCUT2D eigenvalue weighted by molar-refractivity contribution is 5.20. The number of alkyl halides is 3. The molecule has 0 fully saturated rings. The van der Waals surface area contributed by atoms with Gasteiger partial charge in [-0.15, -0.1) is 10.2 Å². The molecule has 0 saturated carbocycles. The second kappa shape index (κ2) is 5.10. The molecule has 0 spiro atoms. The van der Waals surface area contributed by atoms with Crippen LogP contribution in [-0.4, -0.2) is 21.3 Å². The van der Waals surface area contributed by atoms with Crippen LogP contribution in [-0.2, 0) is 19.1 Å². The normalized spacial score (nSPS) is 18.6. The predicted octanol–water partition coefficient (Wildman–Crippen LogP) is 2.32. The summed E-state index contributed by atoms with van der Waals surface area (Å²) in [5.41, 5.74) is 0.431. The molecule has 1 aliphatic rings. The first kappa shape index (κ1) is 14.0. The Labute approximate surface area is 117 Å². The van der Waals surface area contributed by atoms with Gasteiger partial charge in [0, 0.05) is 13.1 Å². The third kappa shape index (κ3) is 2.63. The number of benzene rings is 1. The molecule has 2 heterocycles. The number of rotatable bonds is 2. The molecule has 8 heteroatoms. The zero-order chi connectivity index (χ0) is 15.0. The molecule has 1 atom stereocenters. The fraction of sp³-hybridized carbons (Fsp3) is 0.385. The number of hydrogen-bond acceptors (Lipinski definition) is 3. The Hall–Kier alpha value is -1.96. The van der Waals surface area contributed by atoms with Gasteiger partial charge in [0.25, 0.3) is 0 Å². The van der Waals surface area contributed by atoms with Crippen molar-refractivity contribution in [2.75, 3.05) is 6.54 Å². The molecule has 3 rings (SSSR count). The number of aromatic nitrogens is 3. The number of halogens is 4. The Balaban J connectivity index is 1.92. The second-order valence-corrected chi connectivity index (χ2v) is 4.83. The average molecular weight is 300 g/mol. The number of nitrogens with zero attached hydrogens (tertiary/aromatic N) is 3. The van der Waals surface area contributed by atoms with Gasteiger partial charge in [-0.1, -0.05) is 18.2 Å². The quantitative estimate of drug-likeness (QED) is 0.866. The Morgan fingerprint density at radius 2 is 2.00 bits per heavy atom. The number of hydrogen-bond donors (Lipinski definition) is 1. The van der Waals surface area contributed by atoms with Gasteiger partial charge >= 0.3 is 6.18 Å². The van der Waals surface area contributed by atoms with E-state index < -0.39 is 18.0 Å². The maximum atomic E-state index is 13.7. The van der Waals surface area contributed by atoms with Crippen LogP contribution in [0.1, 0.15) is 23.3 Å². The molecule has 0 radical (unpaired) electrons. The molecule has 1 N–H and O–H groups in total. The second-order valence-electron chi connectivity index (χ2n) is 4.83. The van der Waals surface area contributed by atoms with E-state index in [1.54, 1.807) is 18.2 Å². The summed E-state index contributed by atoms with van der Waals surface area (Å²) in [4.78, 5) is 0. The summed E-state index contributed by atoms with van der Waals surface area (Å²) in [7, 11) is 0. The van der Waals surface area contributed by atoms with Gasteiger partial charge < -0.3 is 9.88 Å². The highest BCUT2D eigenvalue weighted by Gasteiger charge is 2.40. The van der Waals surface area contributed by atoms with Crippen LogP contribution in [0.3, 0.4) is 0 Å². The highest BCUT2D eigenvalue weighted by Crippen LogP contribution is 2.31. The molecular weight excluding hydrogens is 288 g/mol. The highest BCUT2D eigenvalue weighted by atomic mass is 19.4. The summed E-state index contributed by atoms with van der Waals surface area (Å²) in [5, 5.41) is 9.93. The first-order valence-corrected chi connectivity index (χ1v) is 6.44. The zero-order valence-electron chi connectivity index (χ0n) is 10.9. The predicted molar refractivity (Wildman–Crippen MR) is 65.9 cm³/mol. The summed E-state index contributed by atoms with van der Waals surface area (Å²) in [6, 6.07) is 5.70. The van der Waals surface area contributed by atoms with Crippen LogP contribution < -0.4 is 5.32 Å². The fourth-order valence-electron chi connectivity index (χ4n) is 2.49. The van der Waals surface area contributed by atoms with Crippen molar-refractivity contribution in [3.05, 3.63) is 47.3 Å². The lowest BCUT2D eigenvalue weighted by Gasteiger charge is -2.25. The summed E-state index contributed by atoms with van der Waals surface area (Å²) >= 11 is 0. The lowest BCUT2D eigenvalue weighted by atomic mass is 10.0. The van der Waals surface area contributed by atoms with Crippen molar-refractivity contribution in [2.24, 2.45) is 0 Å². The van der Waals surface area contributed by atoms with E-state index in [0.717, 1.165) is 4.57 Å². The van der Waals surface area contributed by atoms with Gasteiger partial charge in [0.05, 0.1) is 6.04 Å². The zero-order valence-corrected chi connectivity index (χ0v) is 10.9. The number of nitrogens with one attached hydrogen (secondary N) is 1. The standard InChI is InChI=1S/C13H12F4N4/c14-9-4-2-1-3-8(9)7-10-11-19-20-12(13(15,16)17)21(11)6-5-18-10/h1-4,10,18H,5-7H2. The Kier molecular flexibility index (Phi) is 3.40. The molecule has 112 valence electrons. The van der Waals surface area contributed by atoms with E-state index in [9.17, 15) is 17.6 Å². The minimum Gasteiger partial charge on any atom is -0.305 e. The molecule has 0 amide bonds. The van der Waals surface area contributed by atoms with Gasteiger partial charge in [0.2, 0.25) is 5.82 Å². The molecule has 0 aliphatic carbocycles. The SMILES string of the molecule is Fc1ccccc1CC1NCCn2c1nnc2C(F)(F)F. The van der Waals surface area contributed by atoms with E-state index in [4.69, 9.17) is 0 Å². The molecule has 1 aromatic carbocycles. The lowest BCUT2D eigenvalue weighted by molar-refractivity contribution is -0.147. The molecule has 1 aliphatic heterocycles. The molecule has 1 unspecified atom stereocenters. The largest absolute Gasteiger partial charge is 0.451 e. The average Bonchev–Trinajstić information content (AvgIpc) is 2.86. The summed E-state index contributed by atoms with van der Waals surface area (Å²) in [6.07, 6.45) is -4.31. The van der Waals surface area contributed by atoms with E-state index in [0.29, 0.717) is 12.1 Å². The van der Waals surface area contributed by atoms with Gasteiger partial charge in [0.1, 0.15) is 5.82 Å². The van der Waals surface area contributed by atoms with Crippen molar-refractivity contribution in [3.63, 3.8) is 0 Å². The van der Waals surface area contributed by atoms with E-state index in [-0.39, 0.29) is 24.6 Å². The molecule has 2 aromatic rings. The monoisotopic (exact) mass is 300 g/mol. The van der Waals surface area contributed by atoms with Gasteiger partial charge in [-0.3, -0.25) is 0 Å². The smallest absolute Gasteiger partial charge is 0.305 e. The minimum absolute atomic E-state index is 0.144. The van der Waals surface area contributed by atoms with Crippen molar-refractivity contribution in [3.8, 4) is 0 Å². The molecule has 4 nitrogen and oxygen atoms in total.